The Balaban J connectivity index is 2.53. The number of aldehydes is 1. The first-order valence-electron chi connectivity index (χ1n) is 5.00. The highest BCUT2D eigenvalue weighted by molar-refractivity contribution is 6.33. The second-order valence-electron chi connectivity index (χ2n) is 3.55. The largest absolute Gasteiger partial charge is 0.298 e. The molecule has 0 amide bonds. The monoisotopic (exact) mass is 241 g/mol. The molecule has 2 aromatic carbocycles. The highest BCUT2D eigenvalue weighted by Gasteiger charge is 2.05. The molecule has 0 aliphatic heterocycles. The van der Waals surface area contributed by atoms with E-state index in [1.54, 1.807) is 36.4 Å². The lowest BCUT2D eigenvalue weighted by Crippen LogP contribution is -1.84. The van der Waals surface area contributed by atoms with Gasteiger partial charge in [0.25, 0.3) is 0 Å². The predicted octanol–water partition coefficient (Wildman–Crippen LogP) is 3.69. The molecule has 0 fully saturated rings. The highest BCUT2D eigenvalue weighted by Crippen LogP contribution is 2.28. The van der Waals surface area contributed by atoms with Crippen LogP contribution in [0.3, 0.4) is 0 Å². The van der Waals surface area contributed by atoms with Gasteiger partial charge < -0.3 is 0 Å². The van der Waals surface area contributed by atoms with Gasteiger partial charge >= 0.3 is 0 Å². The molecule has 0 saturated carbocycles. The van der Waals surface area contributed by atoms with Gasteiger partial charge in [-0.25, -0.2) is 0 Å². The minimum absolute atomic E-state index is 0.504. The second-order valence-corrected chi connectivity index (χ2v) is 3.96. The van der Waals surface area contributed by atoms with Crippen LogP contribution in [-0.4, -0.2) is 6.29 Å². The van der Waals surface area contributed by atoms with E-state index in [-0.39, 0.29) is 0 Å². The molecule has 0 unspecified atom stereocenters. The number of carbonyl (C=O) groups excluding carboxylic acids is 1. The van der Waals surface area contributed by atoms with Crippen LogP contribution < -0.4 is 0 Å². The molecular weight excluding hydrogens is 234 g/mol. The van der Waals surface area contributed by atoms with Gasteiger partial charge in [-0.2, -0.15) is 5.26 Å². The molecule has 2 aromatic rings. The maximum Gasteiger partial charge on any atom is 0.150 e. The quantitative estimate of drug-likeness (QED) is 0.753. The molecule has 0 atom stereocenters. The van der Waals surface area contributed by atoms with E-state index in [1.807, 2.05) is 6.07 Å². The molecule has 0 aliphatic rings. The van der Waals surface area contributed by atoms with Crippen LogP contribution in [0, 0.1) is 11.3 Å². The topological polar surface area (TPSA) is 40.9 Å². The molecular formula is C14H8ClNO. The summed E-state index contributed by atoms with van der Waals surface area (Å²) >= 11 is 6.10. The molecule has 3 heteroatoms. The number of nitriles is 1. The van der Waals surface area contributed by atoms with Gasteiger partial charge in [0, 0.05) is 16.1 Å². The third-order valence-corrected chi connectivity index (χ3v) is 2.74. The van der Waals surface area contributed by atoms with Gasteiger partial charge in [0.1, 0.15) is 6.29 Å². The first kappa shape index (κ1) is 11.4. The molecule has 0 aromatic heterocycles. The summed E-state index contributed by atoms with van der Waals surface area (Å²) in [6, 6.07) is 14.4. The van der Waals surface area contributed by atoms with Gasteiger partial charge in [-0.1, -0.05) is 35.9 Å². The Morgan fingerprint density at radius 2 is 2.00 bits per heavy atom. The van der Waals surface area contributed by atoms with Gasteiger partial charge in [-0.05, 0) is 23.8 Å². The molecule has 0 bridgehead atoms. The first-order chi connectivity index (χ1) is 8.24. The van der Waals surface area contributed by atoms with E-state index in [2.05, 4.69) is 6.07 Å². The van der Waals surface area contributed by atoms with Crippen molar-refractivity contribution in [1.82, 2.24) is 0 Å². The van der Waals surface area contributed by atoms with Gasteiger partial charge in [0.2, 0.25) is 0 Å². The van der Waals surface area contributed by atoms with Crippen LogP contribution in [0.15, 0.2) is 42.5 Å². The minimum atomic E-state index is 0.504. The third-order valence-electron chi connectivity index (χ3n) is 2.43. The van der Waals surface area contributed by atoms with E-state index in [1.165, 1.54) is 0 Å². The van der Waals surface area contributed by atoms with Crippen molar-refractivity contribution in [1.29, 1.82) is 5.26 Å². The SMILES string of the molecule is N#Cc1cccc(-c2ccc(C=O)cc2Cl)c1. The second kappa shape index (κ2) is 4.82. The van der Waals surface area contributed by atoms with Crippen LogP contribution in [0.1, 0.15) is 15.9 Å². The fourth-order valence-electron chi connectivity index (χ4n) is 1.60. The van der Waals surface area contributed by atoms with Crippen molar-refractivity contribution < 1.29 is 4.79 Å². The third kappa shape index (κ3) is 2.35. The van der Waals surface area contributed by atoms with Crippen LogP contribution in [0.2, 0.25) is 5.02 Å². The van der Waals surface area contributed by atoms with Crippen molar-refractivity contribution in [2.75, 3.05) is 0 Å². The van der Waals surface area contributed by atoms with E-state index in [9.17, 15) is 4.79 Å². The van der Waals surface area contributed by atoms with Crippen molar-refractivity contribution in [3.63, 3.8) is 0 Å². The molecule has 0 heterocycles. The standard InChI is InChI=1S/C14H8ClNO/c15-14-7-11(9-17)4-5-13(14)12-3-1-2-10(6-12)8-16/h1-7,9H. The fourth-order valence-corrected chi connectivity index (χ4v) is 1.89. The zero-order valence-electron chi connectivity index (χ0n) is 8.85. The summed E-state index contributed by atoms with van der Waals surface area (Å²) in [5.74, 6) is 0. The Morgan fingerprint density at radius 3 is 2.65 bits per heavy atom. The number of nitrogens with zero attached hydrogens (tertiary/aromatic N) is 1. The Bertz CT molecular complexity index is 614. The van der Waals surface area contributed by atoms with Crippen molar-refractivity contribution in [2.24, 2.45) is 0 Å². The molecule has 0 saturated heterocycles. The summed E-state index contributed by atoms with van der Waals surface area (Å²) in [6.45, 7) is 0. The number of rotatable bonds is 2. The number of halogens is 1. The smallest absolute Gasteiger partial charge is 0.150 e. The molecule has 0 N–H and O–H groups in total. The fraction of sp³-hybridized carbons (Fsp3) is 0. The molecule has 82 valence electrons. The van der Waals surface area contributed by atoms with Crippen molar-refractivity contribution in [3.8, 4) is 17.2 Å². The lowest BCUT2D eigenvalue weighted by Gasteiger charge is -2.05. The summed E-state index contributed by atoms with van der Waals surface area (Å²) in [6.07, 6.45) is 0.751. The average molecular weight is 242 g/mol. The van der Waals surface area contributed by atoms with Crippen molar-refractivity contribution in [2.45, 2.75) is 0 Å². The average Bonchev–Trinajstić information content (AvgIpc) is 2.38. The zero-order chi connectivity index (χ0) is 12.3. The van der Waals surface area contributed by atoms with Crippen LogP contribution >= 0.6 is 11.6 Å². The van der Waals surface area contributed by atoms with E-state index in [0.717, 1.165) is 17.4 Å². The molecule has 2 rings (SSSR count). The normalized spacial score (nSPS) is 9.65. The number of hydrogen-bond acceptors (Lipinski definition) is 2. The van der Waals surface area contributed by atoms with Gasteiger partial charge in [0.05, 0.1) is 11.6 Å². The molecule has 0 radical (unpaired) electrons. The van der Waals surface area contributed by atoms with Gasteiger partial charge in [0.15, 0.2) is 0 Å². The Kier molecular flexibility index (Phi) is 3.22. The maximum atomic E-state index is 10.6. The van der Waals surface area contributed by atoms with E-state index in [4.69, 9.17) is 16.9 Å². The summed E-state index contributed by atoms with van der Waals surface area (Å²) in [7, 11) is 0. The van der Waals surface area contributed by atoms with E-state index < -0.39 is 0 Å². The lowest BCUT2D eigenvalue weighted by atomic mass is 10.0. The molecule has 0 aliphatic carbocycles. The van der Waals surface area contributed by atoms with Crippen LogP contribution in [0.5, 0.6) is 0 Å². The van der Waals surface area contributed by atoms with Crippen LogP contribution in [-0.2, 0) is 0 Å². The van der Waals surface area contributed by atoms with E-state index in [0.29, 0.717) is 16.1 Å². The maximum absolute atomic E-state index is 10.6. The van der Waals surface area contributed by atoms with Crippen LogP contribution in [0.25, 0.3) is 11.1 Å². The zero-order valence-corrected chi connectivity index (χ0v) is 9.61. The Labute approximate surface area is 104 Å². The summed E-state index contributed by atoms with van der Waals surface area (Å²) < 4.78 is 0. The Hall–Kier alpha value is -2.11. The number of hydrogen-bond donors (Lipinski definition) is 0. The van der Waals surface area contributed by atoms with Crippen molar-refractivity contribution >= 4 is 17.9 Å². The van der Waals surface area contributed by atoms with Gasteiger partial charge in [-0.15, -0.1) is 0 Å². The molecule has 0 spiro atoms. The van der Waals surface area contributed by atoms with Crippen molar-refractivity contribution in [3.05, 3.63) is 58.6 Å². The molecule has 2 nitrogen and oxygen atoms in total. The number of carbonyl (C=O) groups is 1. The predicted molar refractivity (Wildman–Crippen MR) is 67.0 cm³/mol. The Morgan fingerprint density at radius 1 is 1.18 bits per heavy atom. The highest BCUT2D eigenvalue weighted by atomic mass is 35.5. The first-order valence-corrected chi connectivity index (χ1v) is 5.37. The summed E-state index contributed by atoms with van der Waals surface area (Å²) in [4.78, 5) is 10.6. The number of benzene rings is 2. The summed E-state index contributed by atoms with van der Waals surface area (Å²) in [5, 5.41) is 9.34. The molecule has 17 heavy (non-hydrogen) atoms. The minimum Gasteiger partial charge on any atom is -0.298 e. The lowest BCUT2D eigenvalue weighted by molar-refractivity contribution is 0.112. The van der Waals surface area contributed by atoms with Gasteiger partial charge in [-0.3, -0.25) is 4.79 Å². The van der Waals surface area contributed by atoms with Crippen LogP contribution in [0.4, 0.5) is 0 Å². The van der Waals surface area contributed by atoms with E-state index >= 15 is 0 Å². The summed E-state index contributed by atoms with van der Waals surface area (Å²) in [5.41, 5.74) is 2.80.